The highest BCUT2D eigenvalue weighted by molar-refractivity contribution is 6.04. The number of aliphatic imine (C=N–C) groups is 1. The highest BCUT2D eigenvalue weighted by atomic mass is 16.2. The van der Waals surface area contributed by atoms with Crippen molar-refractivity contribution in [3.8, 4) is 17.5 Å². The molecule has 0 spiro atoms. The summed E-state index contributed by atoms with van der Waals surface area (Å²) in [6, 6.07) is 14.8. The molecule has 2 atom stereocenters. The summed E-state index contributed by atoms with van der Waals surface area (Å²) in [5.74, 6) is 6.69. The minimum Gasteiger partial charge on any atom is -0.370 e. The minimum absolute atomic E-state index is 0.178. The number of anilines is 1. The minimum atomic E-state index is -0.522. The summed E-state index contributed by atoms with van der Waals surface area (Å²) in [4.78, 5) is 39.5. The van der Waals surface area contributed by atoms with Gasteiger partial charge >= 0.3 is 0 Å². The molecule has 0 saturated carbocycles. The lowest BCUT2D eigenvalue weighted by Crippen LogP contribution is -2.33. The number of rotatable bonds is 4. The largest absolute Gasteiger partial charge is 0.370 e. The molecular formula is C36H33N7O2. The number of benzene rings is 2. The van der Waals surface area contributed by atoms with Gasteiger partial charge in [0.05, 0.1) is 22.8 Å². The zero-order valence-electron chi connectivity index (χ0n) is 25.7. The van der Waals surface area contributed by atoms with Crippen molar-refractivity contribution in [2.75, 3.05) is 18.5 Å². The fraction of sp³-hybridized carbons (Fsp3) is 0.250. The predicted octanol–water partition coefficient (Wildman–Crippen LogP) is 5.17. The Balaban J connectivity index is 1.42. The van der Waals surface area contributed by atoms with Crippen LogP contribution in [0, 0.1) is 24.7 Å². The van der Waals surface area contributed by atoms with Gasteiger partial charge < -0.3 is 10.2 Å². The maximum Gasteiger partial charge on any atom is 0.264 e. The van der Waals surface area contributed by atoms with E-state index >= 15 is 0 Å². The molecule has 9 heteroatoms. The summed E-state index contributed by atoms with van der Waals surface area (Å²) in [7, 11) is 2.02. The van der Waals surface area contributed by atoms with Crippen LogP contribution in [0.15, 0.2) is 82.4 Å². The molecule has 0 aliphatic carbocycles. The van der Waals surface area contributed by atoms with E-state index in [0.717, 1.165) is 46.6 Å². The van der Waals surface area contributed by atoms with Crippen LogP contribution < -0.4 is 15.8 Å². The summed E-state index contributed by atoms with van der Waals surface area (Å²) in [5.41, 5.74) is 6.23. The number of para-hydroxylation sites is 1. The van der Waals surface area contributed by atoms with E-state index in [4.69, 9.17) is 0 Å². The van der Waals surface area contributed by atoms with Crippen molar-refractivity contribution < 1.29 is 4.79 Å². The quantitative estimate of drug-likeness (QED) is 0.289. The number of nitrogens with one attached hydrogen (secondary N) is 1. The normalized spacial score (nSPS) is 16.3. The summed E-state index contributed by atoms with van der Waals surface area (Å²) in [5, 5.41) is 9.10. The van der Waals surface area contributed by atoms with Crippen LogP contribution in [0.5, 0.6) is 0 Å². The predicted molar refractivity (Wildman–Crippen MR) is 177 cm³/mol. The Hall–Kier alpha value is -5.49. The fourth-order valence-electron chi connectivity index (χ4n) is 6.48. The molecule has 2 aliphatic rings. The molecule has 2 aromatic carbocycles. The molecule has 224 valence electrons. The van der Waals surface area contributed by atoms with Gasteiger partial charge in [0.25, 0.3) is 11.5 Å². The number of carbonyl (C=O) groups excluding carboxylic acids is 1. The van der Waals surface area contributed by atoms with Gasteiger partial charge in [-0.2, -0.15) is 5.10 Å². The third-order valence-electron chi connectivity index (χ3n) is 8.58. The molecule has 7 rings (SSSR count). The van der Waals surface area contributed by atoms with Crippen LogP contribution >= 0.6 is 0 Å². The summed E-state index contributed by atoms with van der Waals surface area (Å²) in [6.45, 7) is 7.24. The Morgan fingerprint density at radius 2 is 1.91 bits per heavy atom. The van der Waals surface area contributed by atoms with Crippen LogP contribution in [0.4, 0.5) is 5.69 Å². The summed E-state index contributed by atoms with van der Waals surface area (Å²) < 4.78 is 3.35. The maximum absolute atomic E-state index is 14.7. The van der Waals surface area contributed by atoms with Crippen molar-refractivity contribution >= 4 is 34.2 Å². The molecule has 1 unspecified atom stereocenters. The average molecular weight is 596 g/mol. The van der Waals surface area contributed by atoms with Crippen LogP contribution in [0.3, 0.4) is 0 Å². The third-order valence-corrected chi connectivity index (χ3v) is 8.58. The molecule has 5 aromatic rings. The number of aryl methyl sites for hydroxylation is 1. The summed E-state index contributed by atoms with van der Waals surface area (Å²) >= 11 is 0. The number of allylic oxidation sites excluding steroid dienone is 2. The molecule has 1 N–H and O–H groups in total. The van der Waals surface area contributed by atoms with E-state index in [1.807, 2.05) is 62.7 Å². The zero-order chi connectivity index (χ0) is 31.2. The van der Waals surface area contributed by atoms with Crippen LogP contribution in [-0.2, 0) is 6.54 Å². The Morgan fingerprint density at radius 1 is 1.09 bits per heavy atom. The molecule has 2 aliphatic heterocycles. The number of amides is 1. The number of nitrogens with zero attached hydrogens (tertiary/aromatic N) is 6. The van der Waals surface area contributed by atoms with Crippen molar-refractivity contribution in [2.24, 2.45) is 10.9 Å². The van der Waals surface area contributed by atoms with Crippen LogP contribution in [0.25, 0.3) is 22.1 Å². The van der Waals surface area contributed by atoms with E-state index in [1.165, 1.54) is 0 Å². The molecule has 1 amide bonds. The topological polar surface area (TPSA) is 96.9 Å². The first-order valence-corrected chi connectivity index (χ1v) is 15.2. The first-order valence-electron chi connectivity index (χ1n) is 15.2. The van der Waals surface area contributed by atoms with Gasteiger partial charge in [-0.05, 0) is 56.5 Å². The van der Waals surface area contributed by atoms with Gasteiger partial charge in [0.2, 0.25) is 0 Å². The lowest BCUT2D eigenvalue weighted by atomic mass is 9.97. The van der Waals surface area contributed by atoms with E-state index in [1.54, 1.807) is 34.5 Å². The van der Waals surface area contributed by atoms with Gasteiger partial charge in [-0.25, -0.2) is 9.50 Å². The summed E-state index contributed by atoms with van der Waals surface area (Å²) in [6.07, 6.45) is 8.37. The number of hydrogen-bond donors (Lipinski definition) is 1. The second kappa shape index (κ2) is 11.2. The van der Waals surface area contributed by atoms with Crippen molar-refractivity contribution in [1.29, 1.82) is 0 Å². The monoisotopic (exact) mass is 595 g/mol. The van der Waals surface area contributed by atoms with Gasteiger partial charge in [-0.15, -0.1) is 0 Å². The molecule has 5 heterocycles. The lowest BCUT2D eigenvalue weighted by Gasteiger charge is -2.23. The molecule has 0 saturated heterocycles. The van der Waals surface area contributed by atoms with Crippen molar-refractivity contribution in [2.45, 2.75) is 39.8 Å². The highest BCUT2D eigenvalue weighted by Gasteiger charge is 2.31. The highest BCUT2D eigenvalue weighted by Crippen LogP contribution is 2.40. The van der Waals surface area contributed by atoms with Gasteiger partial charge in [0.15, 0.2) is 5.65 Å². The van der Waals surface area contributed by atoms with Crippen molar-refractivity contribution in [3.63, 3.8) is 0 Å². The van der Waals surface area contributed by atoms with E-state index in [0.29, 0.717) is 40.3 Å². The number of hydrogen-bond acceptors (Lipinski definition) is 6. The Labute approximate surface area is 260 Å². The molecule has 9 nitrogen and oxygen atoms in total. The molecule has 3 aromatic heterocycles. The number of carbonyl (C=O) groups is 1. The van der Waals surface area contributed by atoms with Crippen molar-refractivity contribution in [3.05, 3.63) is 111 Å². The van der Waals surface area contributed by atoms with E-state index in [2.05, 4.69) is 50.1 Å². The Kier molecular flexibility index (Phi) is 7.05. The maximum atomic E-state index is 14.7. The molecule has 0 fully saturated rings. The first kappa shape index (κ1) is 28.3. The standard InChI is InChI=1S/C36H33N7O2/c1-22-15-17-37-20-25(19-22)11-12-26-13-14-29-32-28(21-41(29)4)33(43(36(45)31(26)32)27-9-6-5-7-10-27)24(3)39-35(44)30-23(2)40-42-18-8-16-38-34(30)42/h5-10,13-14,16,18-20,22,24H,15,17,21H2,1-4H3,(H,39,44)/t22?,24-/m0/s1. The smallest absolute Gasteiger partial charge is 0.264 e. The van der Waals surface area contributed by atoms with Gasteiger partial charge in [0, 0.05) is 72.2 Å². The van der Waals surface area contributed by atoms with E-state index in [9.17, 15) is 9.59 Å². The third kappa shape index (κ3) is 4.89. The van der Waals surface area contributed by atoms with Crippen LogP contribution in [0.1, 0.15) is 59.2 Å². The zero-order valence-corrected chi connectivity index (χ0v) is 25.7. The van der Waals surface area contributed by atoms with Crippen molar-refractivity contribution in [1.82, 2.24) is 24.5 Å². The van der Waals surface area contributed by atoms with E-state index in [-0.39, 0.29) is 11.5 Å². The second-order valence-electron chi connectivity index (χ2n) is 11.8. The van der Waals surface area contributed by atoms with Crippen LogP contribution in [0.2, 0.25) is 0 Å². The number of fused-ring (bicyclic) bond motifs is 1. The number of pyridine rings is 1. The van der Waals surface area contributed by atoms with Gasteiger partial charge in [-0.3, -0.25) is 19.1 Å². The Morgan fingerprint density at radius 3 is 2.73 bits per heavy atom. The average Bonchev–Trinajstić information content (AvgIpc) is 3.46. The molecule has 0 bridgehead atoms. The SMILES string of the molecule is Cc1nn2cccnc2c1C(=O)N[C@@H](C)c1c2c3c(ccc(C#CC4=CC(C)CCN=C4)c3c(=O)n1-c1ccccc1)N(C)C2. The van der Waals surface area contributed by atoms with Gasteiger partial charge in [-0.1, -0.05) is 43.0 Å². The second-order valence-corrected chi connectivity index (χ2v) is 11.8. The first-order chi connectivity index (χ1) is 21.8. The number of aromatic nitrogens is 4. The lowest BCUT2D eigenvalue weighted by molar-refractivity contribution is 0.0939. The molecule has 0 radical (unpaired) electrons. The molecular weight excluding hydrogens is 562 g/mol. The van der Waals surface area contributed by atoms with Crippen LogP contribution in [-0.4, -0.2) is 44.9 Å². The molecule has 45 heavy (non-hydrogen) atoms. The van der Waals surface area contributed by atoms with Gasteiger partial charge in [0.1, 0.15) is 5.56 Å². The Bertz CT molecular complexity index is 2180. The van der Waals surface area contributed by atoms with E-state index < -0.39 is 6.04 Å². The fourth-order valence-corrected chi connectivity index (χ4v) is 6.48.